The summed E-state index contributed by atoms with van der Waals surface area (Å²) in [5, 5.41) is 9.35. The van der Waals surface area contributed by atoms with Crippen LogP contribution < -0.4 is 25.6 Å². The maximum absolute atomic E-state index is 13.5. The molecule has 0 saturated carbocycles. The van der Waals surface area contributed by atoms with E-state index in [2.05, 4.69) is 20.7 Å². The van der Waals surface area contributed by atoms with Crippen LogP contribution in [0, 0.1) is 0 Å². The van der Waals surface area contributed by atoms with Gasteiger partial charge in [0, 0.05) is 47.8 Å². The predicted molar refractivity (Wildman–Crippen MR) is 182 cm³/mol. The van der Waals surface area contributed by atoms with Gasteiger partial charge in [-0.3, -0.25) is 19.1 Å². The van der Waals surface area contributed by atoms with E-state index in [1.165, 1.54) is 19.1 Å². The largest absolute Gasteiger partial charge is 0.354 e. The molecule has 10 nitrogen and oxygen atoms in total. The fourth-order valence-electron chi connectivity index (χ4n) is 5.09. The second-order valence-corrected chi connectivity index (χ2v) is 12.4. The standard InChI is InChI=1S/C35H35N5O5S/c1-3-32(42)40(21-20-36-23-24(2)41)28-17-14-26(15-18-28)37-34(25-10-6-4-7-11-25)33-30-22-27(16-19-31(30)38-35(33)43)39-46(44,45)29-12-8-5-9-13-29/h4-19,22,36-37,39H,3,20-21,23H2,1-2H3,(H,38,43)/b34-33+. The van der Waals surface area contributed by atoms with Crippen LogP contribution in [0.25, 0.3) is 11.3 Å². The molecule has 0 saturated heterocycles. The molecule has 0 bridgehead atoms. The Morgan fingerprint density at radius 1 is 0.848 bits per heavy atom. The average Bonchev–Trinajstić information content (AvgIpc) is 3.38. The molecular formula is C35H35N5O5S. The number of amides is 2. The summed E-state index contributed by atoms with van der Waals surface area (Å²) in [6, 6.07) is 29.7. The third-order valence-electron chi connectivity index (χ3n) is 7.32. The predicted octanol–water partition coefficient (Wildman–Crippen LogP) is 5.34. The van der Waals surface area contributed by atoms with Gasteiger partial charge in [-0.1, -0.05) is 55.5 Å². The summed E-state index contributed by atoms with van der Waals surface area (Å²) in [5.41, 5.74) is 4.42. The van der Waals surface area contributed by atoms with Gasteiger partial charge < -0.3 is 20.9 Å². The van der Waals surface area contributed by atoms with Crippen molar-refractivity contribution < 1.29 is 22.8 Å². The maximum Gasteiger partial charge on any atom is 0.261 e. The van der Waals surface area contributed by atoms with E-state index in [4.69, 9.17) is 0 Å². The number of sulfonamides is 1. The number of Topliss-reactive ketones (excluding diaryl/α,β-unsaturated/α-hetero) is 1. The van der Waals surface area contributed by atoms with Gasteiger partial charge in [0.2, 0.25) is 5.91 Å². The van der Waals surface area contributed by atoms with Gasteiger partial charge in [0.15, 0.2) is 0 Å². The molecule has 0 aromatic heterocycles. The van der Waals surface area contributed by atoms with E-state index in [1.807, 2.05) is 54.6 Å². The maximum atomic E-state index is 13.5. The molecule has 46 heavy (non-hydrogen) atoms. The molecule has 1 heterocycles. The number of rotatable bonds is 13. The van der Waals surface area contributed by atoms with Gasteiger partial charge >= 0.3 is 0 Å². The van der Waals surface area contributed by atoms with Gasteiger partial charge in [0.1, 0.15) is 5.78 Å². The zero-order valence-electron chi connectivity index (χ0n) is 25.5. The van der Waals surface area contributed by atoms with Crippen molar-refractivity contribution in [3.63, 3.8) is 0 Å². The van der Waals surface area contributed by atoms with Gasteiger partial charge in [-0.2, -0.15) is 0 Å². The Balaban J connectivity index is 1.47. The molecule has 0 atom stereocenters. The van der Waals surface area contributed by atoms with Crippen molar-refractivity contribution in [1.82, 2.24) is 5.32 Å². The molecule has 11 heteroatoms. The lowest BCUT2D eigenvalue weighted by Gasteiger charge is -2.23. The first-order valence-corrected chi connectivity index (χ1v) is 16.4. The molecule has 0 spiro atoms. The van der Waals surface area contributed by atoms with E-state index in [9.17, 15) is 22.8 Å². The normalized spacial score (nSPS) is 13.4. The van der Waals surface area contributed by atoms with E-state index < -0.39 is 10.0 Å². The van der Waals surface area contributed by atoms with E-state index in [-0.39, 0.29) is 29.0 Å². The first-order chi connectivity index (χ1) is 22.2. The summed E-state index contributed by atoms with van der Waals surface area (Å²) >= 11 is 0. The molecule has 2 amide bonds. The van der Waals surface area contributed by atoms with Gasteiger partial charge in [-0.15, -0.1) is 0 Å². The van der Waals surface area contributed by atoms with Crippen molar-refractivity contribution in [3.05, 3.63) is 114 Å². The van der Waals surface area contributed by atoms with E-state index >= 15 is 0 Å². The summed E-state index contributed by atoms with van der Waals surface area (Å²) < 4.78 is 28.7. The molecule has 4 N–H and O–H groups in total. The van der Waals surface area contributed by atoms with E-state index in [0.29, 0.717) is 59.1 Å². The summed E-state index contributed by atoms with van der Waals surface area (Å²) in [4.78, 5) is 39.3. The molecule has 236 valence electrons. The first kappa shape index (κ1) is 32.1. The van der Waals surface area contributed by atoms with Crippen molar-refractivity contribution in [1.29, 1.82) is 0 Å². The van der Waals surface area contributed by atoms with Crippen LogP contribution in [0.15, 0.2) is 108 Å². The van der Waals surface area contributed by atoms with E-state index in [0.717, 1.165) is 5.56 Å². The van der Waals surface area contributed by atoms with Crippen LogP contribution in [-0.2, 0) is 24.4 Å². The minimum absolute atomic E-state index is 0.0235. The van der Waals surface area contributed by atoms with Gasteiger partial charge in [0.25, 0.3) is 15.9 Å². The van der Waals surface area contributed by atoms with Crippen LogP contribution in [0.2, 0.25) is 0 Å². The monoisotopic (exact) mass is 637 g/mol. The molecule has 4 aromatic rings. The molecule has 5 rings (SSSR count). The molecule has 0 unspecified atom stereocenters. The summed E-state index contributed by atoms with van der Waals surface area (Å²) in [6.07, 6.45) is 0.328. The van der Waals surface area contributed by atoms with Crippen molar-refractivity contribution in [2.24, 2.45) is 0 Å². The lowest BCUT2D eigenvalue weighted by atomic mass is 9.99. The number of benzene rings is 4. The molecule has 0 radical (unpaired) electrons. The molecule has 0 fully saturated rings. The number of nitrogens with one attached hydrogen (secondary N) is 4. The molecular weight excluding hydrogens is 602 g/mol. The number of hydrogen-bond acceptors (Lipinski definition) is 7. The number of ketones is 1. The number of carbonyl (C=O) groups is 3. The molecule has 0 aliphatic carbocycles. The second kappa shape index (κ2) is 14.2. The Morgan fingerprint density at radius 3 is 2.15 bits per heavy atom. The lowest BCUT2D eigenvalue weighted by Crippen LogP contribution is -2.37. The van der Waals surface area contributed by atoms with Crippen LogP contribution in [0.5, 0.6) is 0 Å². The average molecular weight is 638 g/mol. The van der Waals surface area contributed by atoms with Crippen LogP contribution in [-0.4, -0.2) is 45.6 Å². The highest BCUT2D eigenvalue weighted by molar-refractivity contribution is 7.92. The second-order valence-electron chi connectivity index (χ2n) is 10.7. The lowest BCUT2D eigenvalue weighted by molar-refractivity contribution is -0.118. The van der Waals surface area contributed by atoms with Gasteiger partial charge in [-0.25, -0.2) is 8.42 Å². The molecule has 4 aromatic carbocycles. The summed E-state index contributed by atoms with van der Waals surface area (Å²) in [5.74, 6) is -0.357. The highest BCUT2D eigenvalue weighted by Gasteiger charge is 2.29. The number of fused-ring (bicyclic) bond motifs is 1. The highest BCUT2D eigenvalue weighted by Crippen LogP contribution is 2.39. The van der Waals surface area contributed by atoms with Crippen LogP contribution >= 0.6 is 0 Å². The fraction of sp³-hybridized carbons (Fsp3) is 0.171. The number of nitrogens with zero attached hydrogens (tertiary/aromatic N) is 1. The Hall–Kier alpha value is -5.26. The number of carbonyl (C=O) groups excluding carboxylic acids is 3. The Bertz CT molecular complexity index is 1880. The number of anilines is 4. The zero-order chi connectivity index (χ0) is 32.7. The summed E-state index contributed by atoms with van der Waals surface area (Å²) in [6.45, 7) is 4.42. The minimum atomic E-state index is -3.85. The van der Waals surface area contributed by atoms with Crippen molar-refractivity contribution >= 4 is 61.6 Å². The Labute approximate surface area is 268 Å². The Kier molecular flexibility index (Phi) is 9.94. The van der Waals surface area contributed by atoms with Crippen LogP contribution in [0.3, 0.4) is 0 Å². The summed E-state index contributed by atoms with van der Waals surface area (Å²) in [7, 11) is -3.85. The fourth-order valence-corrected chi connectivity index (χ4v) is 6.16. The Morgan fingerprint density at radius 2 is 1.50 bits per heavy atom. The number of hydrogen-bond donors (Lipinski definition) is 4. The van der Waals surface area contributed by atoms with Crippen LogP contribution in [0.4, 0.5) is 22.7 Å². The topological polar surface area (TPSA) is 137 Å². The third-order valence-corrected chi connectivity index (χ3v) is 8.72. The zero-order valence-corrected chi connectivity index (χ0v) is 26.4. The minimum Gasteiger partial charge on any atom is -0.354 e. The molecule has 1 aliphatic rings. The smallest absolute Gasteiger partial charge is 0.261 e. The van der Waals surface area contributed by atoms with Crippen molar-refractivity contribution in [2.45, 2.75) is 25.2 Å². The molecule has 1 aliphatic heterocycles. The first-order valence-electron chi connectivity index (χ1n) is 14.9. The third kappa shape index (κ3) is 7.51. The van der Waals surface area contributed by atoms with Gasteiger partial charge in [-0.05, 0) is 67.1 Å². The van der Waals surface area contributed by atoms with E-state index in [1.54, 1.807) is 48.2 Å². The van der Waals surface area contributed by atoms with Crippen molar-refractivity contribution in [2.75, 3.05) is 39.9 Å². The van der Waals surface area contributed by atoms with Crippen LogP contribution in [0.1, 0.15) is 31.4 Å². The SMILES string of the molecule is CCC(=O)N(CCNCC(C)=O)c1ccc(N/C(=C2/C(=O)Nc3ccc(NS(=O)(=O)c4ccccc4)cc32)c2ccccc2)cc1. The van der Waals surface area contributed by atoms with Gasteiger partial charge in [0.05, 0.1) is 22.7 Å². The van der Waals surface area contributed by atoms with Crippen molar-refractivity contribution in [3.8, 4) is 0 Å². The highest BCUT2D eigenvalue weighted by atomic mass is 32.2. The quantitative estimate of drug-likeness (QED) is 0.115.